The first-order valence-electron chi connectivity index (χ1n) is 8.64. The van der Waals surface area contributed by atoms with E-state index in [0.717, 1.165) is 5.92 Å². The van der Waals surface area contributed by atoms with Gasteiger partial charge in [-0.2, -0.15) is 0 Å². The van der Waals surface area contributed by atoms with Crippen molar-refractivity contribution in [2.45, 2.75) is 105 Å². The van der Waals surface area contributed by atoms with Crippen LogP contribution < -0.4 is 0 Å². The van der Waals surface area contributed by atoms with Gasteiger partial charge in [0.05, 0.1) is 0 Å². The first-order valence-corrected chi connectivity index (χ1v) is 8.64. The fraction of sp³-hybridized carbons (Fsp3) is 1.00. The van der Waals surface area contributed by atoms with Crippen molar-refractivity contribution in [3.63, 3.8) is 0 Å². The summed E-state index contributed by atoms with van der Waals surface area (Å²) in [6.45, 7) is 11.9. The molecule has 0 heteroatoms. The van der Waals surface area contributed by atoms with Crippen LogP contribution in [0.4, 0.5) is 0 Å². The monoisotopic (exact) mass is 254 g/mol. The highest BCUT2D eigenvalue weighted by Gasteiger charge is 2.23. The van der Waals surface area contributed by atoms with Crippen LogP contribution in [-0.2, 0) is 0 Å². The van der Waals surface area contributed by atoms with Gasteiger partial charge in [-0.25, -0.2) is 0 Å². The lowest BCUT2D eigenvalue weighted by atomic mass is 9.75. The highest BCUT2D eigenvalue weighted by atomic mass is 14.3. The van der Waals surface area contributed by atoms with Crippen molar-refractivity contribution in [3.05, 3.63) is 0 Å². The van der Waals surface area contributed by atoms with Gasteiger partial charge in [0.25, 0.3) is 0 Å². The second-order valence-electron chi connectivity index (χ2n) is 6.41. The molecule has 0 aliphatic heterocycles. The lowest BCUT2D eigenvalue weighted by Gasteiger charge is -2.31. The van der Waals surface area contributed by atoms with Crippen molar-refractivity contribution >= 4 is 0 Å². The average molecular weight is 255 g/mol. The highest BCUT2D eigenvalue weighted by molar-refractivity contribution is 4.75. The molecule has 0 saturated carbocycles. The first kappa shape index (κ1) is 18.0. The highest BCUT2D eigenvalue weighted by Crippen LogP contribution is 2.36. The van der Waals surface area contributed by atoms with Crippen LogP contribution in [0.1, 0.15) is 105 Å². The van der Waals surface area contributed by atoms with Gasteiger partial charge >= 0.3 is 0 Å². The summed E-state index contributed by atoms with van der Waals surface area (Å²) in [4.78, 5) is 0. The van der Waals surface area contributed by atoms with Crippen LogP contribution in [0.5, 0.6) is 0 Å². The average Bonchev–Trinajstić information content (AvgIpc) is 2.40. The van der Waals surface area contributed by atoms with Crippen molar-refractivity contribution in [1.29, 1.82) is 0 Å². The molecule has 0 aromatic carbocycles. The van der Waals surface area contributed by atoms with Crippen molar-refractivity contribution in [1.82, 2.24) is 0 Å². The van der Waals surface area contributed by atoms with Gasteiger partial charge in [0, 0.05) is 0 Å². The summed E-state index contributed by atoms with van der Waals surface area (Å²) in [5.74, 6) is 0.949. The Bertz CT molecular complexity index is 159. The number of hydrogen-bond donors (Lipinski definition) is 0. The third-order valence-corrected chi connectivity index (χ3v) is 5.20. The lowest BCUT2D eigenvalue weighted by molar-refractivity contribution is 0.215. The van der Waals surface area contributed by atoms with Crippen LogP contribution in [0.25, 0.3) is 0 Å². The van der Waals surface area contributed by atoms with E-state index in [2.05, 4.69) is 34.6 Å². The standard InChI is InChI=1S/C18H38/c1-6-10-11-12-14-17(5)15-13-16-18(7-2,8-3)9-4/h17H,6-16H2,1-5H3. The van der Waals surface area contributed by atoms with Gasteiger partial charge in [-0.15, -0.1) is 0 Å². The Balaban J connectivity index is 3.68. The van der Waals surface area contributed by atoms with Crippen molar-refractivity contribution in [2.24, 2.45) is 11.3 Å². The molecular weight excluding hydrogens is 216 g/mol. The van der Waals surface area contributed by atoms with Crippen molar-refractivity contribution in [2.75, 3.05) is 0 Å². The second kappa shape index (κ2) is 10.9. The van der Waals surface area contributed by atoms with Gasteiger partial charge in [0.2, 0.25) is 0 Å². The molecule has 0 heterocycles. The van der Waals surface area contributed by atoms with Crippen LogP contribution in [0.3, 0.4) is 0 Å². The molecule has 0 aromatic rings. The van der Waals surface area contributed by atoms with Gasteiger partial charge in [0.15, 0.2) is 0 Å². The molecule has 0 nitrogen and oxygen atoms in total. The molecule has 0 rings (SSSR count). The van der Waals surface area contributed by atoms with E-state index in [1.807, 2.05) is 0 Å². The topological polar surface area (TPSA) is 0 Å². The minimum absolute atomic E-state index is 0.655. The first-order chi connectivity index (χ1) is 8.64. The normalized spacial score (nSPS) is 13.8. The van der Waals surface area contributed by atoms with Crippen molar-refractivity contribution < 1.29 is 0 Å². The van der Waals surface area contributed by atoms with E-state index in [0.29, 0.717) is 5.41 Å². The molecule has 0 saturated heterocycles. The van der Waals surface area contributed by atoms with Crippen LogP contribution >= 0.6 is 0 Å². The van der Waals surface area contributed by atoms with Gasteiger partial charge in [-0.1, -0.05) is 98.8 Å². The summed E-state index contributed by atoms with van der Waals surface area (Å²) < 4.78 is 0. The van der Waals surface area contributed by atoms with Gasteiger partial charge in [-0.3, -0.25) is 0 Å². The molecule has 0 aromatic heterocycles. The molecule has 0 aliphatic rings. The molecular formula is C18H38. The zero-order chi connectivity index (χ0) is 13.9. The zero-order valence-corrected chi connectivity index (χ0v) is 13.9. The molecule has 0 fully saturated rings. The number of unbranched alkanes of at least 4 members (excludes halogenated alkanes) is 3. The summed E-state index contributed by atoms with van der Waals surface area (Å²) in [7, 11) is 0. The molecule has 0 bridgehead atoms. The minimum Gasteiger partial charge on any atom is -0.0654 e. The van der Waals surface area contributed by atoms with Gasteiger partial charge < -0.3 is 0 Å². The molecule has 0 radical (unpaired) electrons. The zero-order valence-electron chi connectivity index (χ0n) is 13.9. The minimum atomic E-state index is 0.655. The maximum atomic E-state index is 2.46. The Morgan fingerprint density at radius 1 is 0.722 bits per heavy atom. The summed E-state index contributed by atoms with van der Waals surface area (Å²) in [6.07, 6.45) is 15.6. The maximum Gasteiger partial charge on any atom is -0.0305 e. The summed E-state index contributed by atoms with van der Waals surface area (Å²) in [5, 5.41) is 0. The molecule has 1 atom stereocenters. The molecule has 18 heavy (non-hydrogen) atoms. The van der Waals surface area contributed by atoms with Crippen LogP contribution in [0.2, 0.25) is 0 Å². The molecule has 0 N–H and O–H groups in total. The molecule has 1 unspecified atom stereocenters. The van der Waals surface area contributed by atoms with E-state index >= 15 is 0 Å². The molecule has 0 amide bonds. The Morgan fingerprint density at radius 2 is 1.28 bits per heavy atom. The van der Waals surface area contributed by atoms with Gasteiger partial charge in [0.1, 0.15) is 0 Å². The smallest absolute Gasteiger partial charge is 0.0305 e. The second-order valence-corrected chi connectivity index (χ2v) is 6.41. The summed E-state index contributed by atoms with van der Waals surface area (Å²) in [5.41, 5.74) is 0.655. The number of rotatable bonds is 12. The van der Waals surface area contributed by atoms with Crippen molar-refractivity contribution in [3.8, 4) is 0 Å². The Hall–Kier alpha value is 0. The Morgan fingerprint density at radius 3 is 1.78 bits per heavy atom. The third-order valence-electron chi connectivity index (χ3n) is 5.20. The SMILES string of the molecule is CCCCCCC(C)CCCC(CC)(CC)CC. The fourth-order valence-electron chi connectivity index (χ4n) is 3.17. The molecule has 110 valence electrons. The van der Waals surface area contributed by atoms with Crippen LogP contribution in [-0.4, -0.2) is 0 Å². The summed E-state index contributed by atoms with van der Waals surface area (Å²) >= 11 is 0. The molecule has 0 aliphatic carbocycles. The van der Waals surface area contributed by atoms with Crippen LogP contribution in [0.15, 0.2) is 0 Å². The van der Waals surface area contributed by atoms with E-state index in [1.165, 1.54) is 70.6 Å². The lowest BCUT2D eigenvalue weighted by Crippen LogP contribution is -2.17. The van der Waals surface area contributed by atoms with E-state index in [1.54, 1.807) is 0 Å². The summed E-state index contributed by atoms with van der Waals surface area (Å²) in [6, 6.07) is 0. The van der Waals surface area contributed by atoms with E-state index in [-0.39, 0.29) is 0 Å². The van der Waals surface area contributed by atoms with E-state index in [4.69, 9.17) is 0 Å². The van der Waals surface area contributed by atoms with Crippen LogP contribution in [0, 0.1) is 11.3 Å². The van der Waals surface area contributed by atoms with E-state index < -0.39 is 0 Å². The third kappa shape index (κ3) is 7.44. The number of hydrogen-bond acceptors (Lipinski definition) is 0. The maximum absolute atomic E-state index is 2.46. The van der Waals surface area contributed by atoms with E-state index in [9.17, 15) is 0 Å². The quantitative estimate of drug-likeness (QED) is 0.329. The molecule has 0 spiro atoms. The predicted molar refractivity (Wildman–Crippen MR) is 85.1 cm³/mol. The largest absolute Gasteiger partial charge is 0.0654 e. The Kier molecular flexibility index (Phi) is 10.9. The predicted octanol–water partition coefficient (Wildman–Crippen LogP) is 6.98. The fourth-order valence-corrected chi connectivity index (χ4v) is 3.17. The van der Waals surface area contributed by atoms with Gasteiger partial charge in [-0.05, 0) is 17.8 Å². The Labute approximate surface area is 117 Å².